The predicted octanol–water partition coefficient (Wildman–Crippen LogP) is 6.40. The molecule has 3 aliphatic rings. The van der Waals surface area contributed by atoms with Crippen molar-refractivity contribution in [3.05, 3.63) is 12.2 Å². The summed E-state index contributed by atoms with van der Waals surface area (Å²) in [5.41, 5.74) is 8.17. The normalized spacial score (nSPS) is 25.2. The van der Waals surface area contributed by atoms with Crippen LogP contribution in [0.15, 0.2) is 22.4 Å². The van der Waals surface area contributed by atoms with E-state index >= 15 is 0 Å². The number of nitrogens with one attached hydrogen (secondary N) is 3. The minimum Gasteiger partial charge on any atom is -0.297 e. The Bertz CT molecular complexity index is 754. The zero-order valence-electron chi connectivity index (χ0n) is 20.7. The molecule has 0 spiro atoms. The quantitative estimate of drug-likeness (QED) is 0.143. The van der Waals surface area contributed by atoms with Gasteiger partial charge in [0.25, 0.3) is 0 Å². The van der Waals surface area contributed by atoms with Crippen LogP contribution in [0, 0.1) is 11.8 Å². The molecule has 0 amide bonds. The van der Waals surface area contributed by atoms with Gasteiger partial charge in [0.1, 0.15) is 0 Å². The van der Waals surface area contributed by atoms with Crippen LogP contribution in [-0.4, -0.2) is 43.7 Å². The Morgan fingerprint density at radius 1 is 0.824 bits per heavy atom. The molecule has 34 heavy (non-hydrogen) atoms. The molecule has 2 saturated carbocycles. The van der Waals surface area contributed by atoms with E-state index in [1.807, 2.05) is 6.92 Å². The fraction of sp³-hybridized carbons (Fsp3) is 0.760. The van der Waals surface area contributed by atoms with Gasteiger partial charge in [-0.1, -0.05) is 98.6 Å². The molecule has 3 rings (SSSR count). The Morgan fingerprint density at radius 2 is 1.32 bits per heavy atom. The largest absolute Gasteiger partial charge is 0.297 e. The fourth-order valence-corrected chi connectivity index (χ4v) is 6.98. The molecule has 3 N–H and O–H groups in total. The van der Waals surface area contributed by atoms with Crippen LogP contribution in [0.25, 0.3) is 0 Å². The number of rotatable bonds is 8. The molecule has 0 saturated heterocycles. The van der Waals surface area contributed by atoms with Crippen molar-refractivity contribution in [2.45, 2.75) is 96.6 Å². The molecule has 9 heteroatoms. The Morgan fingerprint density at radius 3 is 1.85 bits per heavy atom. The van der Waals surface area contributed by atoms with Gasteiger partial charge in [0, 0.05) is 11.5 Å². The summed E-state index contributed by atoms with van der Waals surface area (Å²) in [4.78, 5) is 0. The predicted molar refractivity (Wildman–Crippen MR) is 160 cm³/mol. The van der Waals surface area contributed by atoms with Crippen molar-refractivity contribution in [2.75, 3.05) is 11.5 Å². The Labute approximate surface area is 225 Å². The van der Waals surface area contributed by atoms with Gasteiger partial charge in [-0.2, -0.15) is 10.2 Å². The number of hydrazone groups is 2. The first-order valence-corrected chi connectivity index (χ1v) is 15.7. The van der Waals surface area contributed by atoms with E-state index in [-0.39, 0.29) is 12.1 Å². The second-order valence-corrected chi connectivity index (χ2v) is 13.2. The average Bonchev–Trinajstić information content (AvgIpc) is 2.89. The van der Waals surface area contributed by atoms with Crippen LogP contribution in [0.3, 0.4) is 0 Å². The van der Waals surface area contributed by atoms with Gasteiger partial charge in [0.05, 0.1) is 23.5 Å². The molecular weight excluding hydrogens is 499 g/mol. The molecule has 2 unspecified atom stereocenters. The monoisotopic (exact) mass is 539 g/mol. The number of thiocarbonyl (C=S) groups is 2. The Balaban J connectivity index is 1.38. The number of hydrogen-bond donors (Lipinski definition) is 3. The highest BCUT2D eigenvalue weighted by atomic mass is 32.2. The Kier molecular flexibility index (Phi) is 12.9. The van der Waals surface area contributed by atoms with Crippen LogP contribution >= 0.6 is 48.0 Å². The van der Waals surface area contributed by atoms with E-state index in [0.29, 0.717) is 0 Å². The maximum absolute atomic E-state index is 5.50. The van der Waals surface area contributed by atoms with Crippen molar-refractivity contribution >= 4 is 68.0 Å². The van der Waals surface area contributed by atoms with E-state index in [0.717, 1.165) is 49.8 Å². The summed E-state index contributed by atoms with van der Waals surface area (Å²) in [7, 11) is 0. The second-order valence-electron chi connectivity index (χ2n) is 9.80. The van der Waals surface area contributed by atoms with Crippen molar-refractivity contribution in [3.8, 4) is 0 Å². The summed E-state index contributed by atoms with van der Waals surface area (Å²) in [6.07, 6.45) is 18.9. The van der Waals surface area contributed by atoms with E-state index in [9.17, 15) is 0 Å². The molecule has 0 aromatic carbocycles. The number of hydrogen-bond acceptors (Lipinski definition) is 7. The molecule has 0 aromatic heterocycles. The standard InChI is InChI=1S/C25H41N5S4/c1-18(27-29-24(31)33-16-20-10-5-3-6-11-20)22-14-9-15-23(26-22)19(2)28-30-25(32)34-17-21-12-7-4-8-13-21/h9,14,20-23,26H,3-8,10-13,15-17H2,1-2H3,(H,29,31)(H,30,32). The van der Waals surface area contributed by atoms with Gasteiger partial charge in [0.2, 0.25) is 0 Å². The van der Waals surface area contributed by atoms with E-state index < -0.39 is 0 Å². The molecule has 2 atom stereocenters. The maximum atomic E-state index is 5.50. The van der Waals surface area contributed by atoms with Gasteiger partial charge < -0.3 is 0 Å². The van der Waals surface area contributed by atoms with Crippen LogP contribution in [0.5, 0.6) is 0 Å². The summed E-state index contributed by atoms with van der Waals surface area (Å²) in [6, 6.07) is 0.224. The zero-order chi connectivity index (χ0) is 24.2. The molecular formula is C25H41N5S4. The van der Waals surface area contributed by atoms with Crippen molar-refractivity contribution in [1.29, 1.82) is 0 Å². The van der Waals surface area contributed by atoms with Crippen molar-refractivity contribution in [3.63, 3.8) is 0 Å². The van der Waals surface area contributed by atoms with E-state index in [2.05, 4.69) is 45.4 Å². The van der Waals surface area contributed by atoms with Crippen molar-refractivity contribution in [1.82, 2.24) is 16.2 Å². The highest BCUT2D eigenvalue weighted by Gasteiger charge is 2.22. The molecule has 2 fully saturated rings. The second kappa shape index (κ2) is 15.6. The van der Waals surface area contributed by atoms with Crippen LogP contribution < -0.4 is 16.2 Å². The third-order valence-electron chi connectivity index (χ3n) is 7.03. The first kappa shape index (κ1) is 28.1. The highest BCUT2D eigenvalue weighted by molar-refractivity contribution is 8.23. The van der Waals surface area contributed by atoms with E-state index in [1.165, 1.54) is 64.2 Å². The fourth-order valence-electron chi connectivity index (χ4n) is 4.82. The minimum absolute atomic E-state index is 0.0650. The number of thioether (sulfide) groups is 2. The molecule has 0 bridgehead atoms. The molecule has 190 valence electrons. The molecule has 2 aliphatic carbocycles. The topological polar surface area (TPSA) is 60.8 Å². The summed E-state index contributed by atoms with van der Waals surface area (Å²) in [5, 5.41) is 12.8. The summed E-state index contributed by atoms with van der Waals surface area (Å²) >= 11 is 14.5. The van der Waals surface area contributed by atoms with Crippen LogP contribution in [0.4, 0.5) is 0 Å². The first-order chi connectivity index (χ1) is 16.5. The molecule has 0 aromatic rings. The lowest BCUT2D eigenvalue weighted by molar-refractivity contribution is 0.391. The first-order valence-electron chi connectivity index (χ1n) is 12.9. The summed E-state index contributed by atoms with van der Waals surface area (Å²) in [5.74, 6) is 3.83. The van der Waals surface area contributed by atoms with Gasteiger partial charge in [-0.25, -0.2) is 0 Å². The SMILES string of the molecule is CC(=NNC(=S)SCC1CCCCC1)C1C=CCC(C(C)=NNC(=S)SCC2CCCCC2)N1. The maximum Gasteiger partial charge on any atom is 0.154 e. The van der Waals surface area contributed by atoms with Gasteiger partial charge >= 0.3 is 0 Å². The third-order valence-corrected chi connectivity index (χ3v) is 9.91. The van der Waals surface area contributed by atoms with Crippen molar-refractivity contribution < 1.29 is 0 Å². The van der Waals surface area contributed by atoms with E-state index in [1.54, 1.807) is 23.5 Å². The molecule has 5 nitrogen and oxygen atoms in total. The third kappa shape index (κ3) is 10.2. The smallest absolute Gasteiger partial charge is 0.154 e. The Hall–Kier alpha value is -0.480. The minimum atomic E-state index is 0.0650. The summed E-state index contributed by atoms with van der Waals surface area (Å²) in [6.45, 7) is 4.09. The van der Waals surface area contributed by atoms with Crippen LogP contribution in [0.1, 0.15) is 84.5 Å². The van der Waals surface area contributed by atoms with Crippen molar-refractivity contribution in [2.24, 2.45) is 22.0 Å². The lowest BCUT2D eigenvalue weighted by Gasteiger charge is -2.27. The van der Waals surface area contributed by atoms with Crippen LogP contribution in [-0.2, 0) is 0 Å². The lowest BCUT2D eigenvalue weighted by atomic mass is 9.91. The van der Waals surface area contributed by atoms with Gasteiger partial charge in [-0.05, 0) is 57.8 Å². The van der Waals surface area contributed by atoms with E-state index in [4.69, 9.17) is 24.4 Å². The average molecular weight is 540 g/mol. The summed E-state index contributed by atoms with van der Waals surface area (Å²) < 4.78 is 1.54. The van der Waals surface area contributed by atoms with Gasteiger partial charge in [-0.3, -0.25) is 16.2 Å². The highest BCUT2D eigenvalue weighted by Crippen LogP contribution is 2.27. The van der Waals surface area contributed by atoms with Crippen LogP contribution in [0.2, 0.25) is 0 Å². The van der Waals surface area contributed by atoms with Gasteiger partial charge in [-0.15, -0.1) is 0 Å². The molecule has 1 heterocycles. The molecule has 0 radical (unpaired) electrons. The molecule has 1 aliphatic heterocycles. The zero-order valence-corrected chi connectivity index (χ0v) is 23.9. The van der Waals surface area contributed by atoms with Gasteiger partial charge in [0.15, 0.2) is 8.64 Å². The lowest BCUT2D eigenvalue weighted by Crippen LogP contribution is -2.47. The number of nitrogens with zero attached hydrogens (tertiary/aromatic N) is 2.